The molecule has 0 aliphatic rings. The first-order valence-corrected chi connectivity index (χ1v) is 11.1. The molecule has 0 N–H and O–H groups in total. The van der Waals surface area contributed by atoms with Crippen LogP contribution in [-0.2, 0) is 16.0 Å². The number of rotatable bonds is 9. The molecule has 0 saturated heterocycles. The molecule has 0 amide bonds. The Kier molecular flexibility index (Phi) is 7.82. The Morgan fingerprint density at radius 1 is 1.06 bits per heavy atom. The first-order valence-electron chi connectivity index (χ1n) is 10.0. The summed E-state index contributed by atoms with van der Waals surface area (Å²) < 4.78 is 41.1. The van der Waals surface area contributed by atoms with Crippen molar-refractivity contribution in [2.75, 3.05) is 18.0 Å². The van der Waals surface area contributed by atoms with Gasteiger partial charge in [0.1, 0.15) is 11.5 Å². The van der Waals surface area contributed by atoms with Gasteiger partial charge in [0, 0.05) is 12.1 Å². The second kappa shape index (κ2) is 10.8. The molecular formula is C23H21N2O8S-. The molecule has 3 aromatic carbocycles. The number of hydrogen-bond donors (Lipinski definition) is 0. The largest absolute Gasteiger partial charge is 0.755 e. The number of methoxy groups -OCH3 is 1. The van der Waals surface area contributed by atoms with Gasteiger partial charge in [-0.15, -0.1) is 0 Å². The average Bonchev–Trinajstić information content (AvgIpc) is 2.80. The third-order valence-electron chi connectivity index (χ3n) is 4.67. The normalized spacial score (nSPS) is 11.4. The summed E-state index contributed by atoms with van der Waals surface area (Å²) >= 11 is -2.74. The Morgan fingerprint density at radius 3 is 2.29 bits per heavy atom. The maximum Gasteiger partial charge on any atom is 0.340 e. The van der Waals surface area contributed by atoms with Gasteiger partial charge >= 0.3 is 11.7 Å². The van der Waals surface area contributed by atoms with E-state index in [0.29, 0.717) is 5.69 Å². The lowest BCUT2D eigenvalue weighted by atomic mass is 10.1. The average molecular weight is 485 g/mol. The maximum atomic E-state index is 12.5. The number of anilines is 2. The molecule has 3 aromatic rings. The van der Waals surface area contributed by atoms with Crippen LogP contribution in [0, 0.1) is 17.0 Å². The highest BCUT2D eigenvalue weighted by molar-refractivity contribution is 7.81. The molecule has 1 atom stereocenters. The van der Waals surface area contributed by atoms with Gasteiger partial charge in [0.05, 0.1) is 46.8 Å². The van der Waals surface area contributed by atoms with Crippen LogP contribution in [0.1, 0.15) is 22.8 Å². The summed E-state index contributed by atoms with van der Waals surface area (Å²) in [7, 11) is 1.18. The summed E-state index contributed by atoms with van der Waals surface area (Å²) in [6.45, 7) is 3.77. The van der Waals surface area contributed by atoms with E-state index in [2.05, 4.69) is 0 Å². The molecule has 10 nitrogen and oxygen atoms in total. The zero-order valence-electron chi connectivity index (χ0n) is 18.5. The van der Waals surface area contributed by atoms with E-state index in [-0.39, 0.29) is 40.8 Å². The third-order valence-corrected chi connectivity index (χ3v) is 5.38. The number of hydrogen-bond acceptors (Lipinski definition) is 8. The van der Waals surface area contributed by atoms with E-state index < -0.39 is 22.2 Å². The molecule has 0 heterocycles. The number of nitrogens with zero attached hydrogens (tertiary/aromatic N) is 2. The second-order valence-corrected chi connectivity index (χ2v) is 7.74. The zero-order chi connectivity index (χ0) is 24.8. The molecular weight excluding hydrogens is 464 g/mol. The van der Waals surface area contributed by atoms with E-state index in [4.69, 9.17) is 14.2 Å². The van der Waals surface area contributed by atoms with E-state index in [1.54, 1.807) is 31.2 Å². The van der Waals surface area contributed by atoms with Crippen molar-refractivity contribution in [2.45, 2.75) is 13.8 Å². The van der Waals surface area contributed by atoms with E-state index in [1.807, 2.05) is 6.92 Å². The van der Waals surface area contributed by atoms with Crippen molar-refractivity contribution < 1.29 is 32.7 Å². The van der Waals surface area contributed by atoms with Gasteiger partial charge in [-0.3, -0.25) is 18.6 Å². The van der Waals surface area contributed by atoms with Gasteiger partial charge in [0.2, 0.25) is 5.75 Å². The van der Waals surface area contributed by atoms with Crippen molar-refractivity contribution in [3.8, 4) is 17.2 Å². The Labute approximate surface area is 198 Å². The molecule has 0 saturated carbocycles. The van der Waals surface area contributed by atoms with Crippen LogP contribution in [0.4, 0.5) is 17.1 Å². The summed E-state index contributed by atoms with van der Waals surface area (Å²) in [5.41, 5.74) is 1.06. The van der Waals surface area contributed by atoms with Gasteiger partial charge in [0.25, 0.3) is 0 Å². The SMILES string of the molecule is CCOc1cc(Oc2ccc(N(c3ccc(C)cc3)S(=O)[O-])c(C(=O)OC)c2)ccc1[N+](=O)[O-]. The van der Waals surface area contributed by atoms with Crippen LogP contribution in [0.3, 0.4) is 0 Å². The van der Waals surface area contributed by atoms with Crippen LogP contribution in [0.5, 0.6) is 17.2 Å². The fraction of sp³-hybridized carbons (Fsp3) is 0.174. The maximum absolute atomic E-state index is 12.5. The highest BCUT2D eigenvalue weighted by Crippen LogP contribution is 2.36. The number of carbonyl (C=O) groups is 1. The van der Waals surface area contributed by atoms with Crippen molar-refractivity contribution in [2.24, 2.45) is 0 Å². The lowest BCUT2D eigenvalue weighted by molar-refractivity contribution is -0.385. The van der Waals surface area contributed by atoms with Gasteiger partial charge in [-0.25, -0.2) is 4.79 Å². The molecule has 0 aliphatic carbocycles. The standard InChI is InChI=1S/C23H22N2O8S/c1-4-32-22-14-18(10-12-21(22)25(27)28)33-17-9-11-20(19(13-17)23(26)31-3)24(34(29)30)16-7-5-15(2)6-8-16/h5-14H,4H2,1-3H3,(H,29,30)/p-1. The lowest BCUT2D eigenvalue weighted by Gasteiger charge is -2.28. The summed E-state index contributed by atoms with van der Waals surface area (Å²) in [5.74, 6) is -0.342. The van der Waals surface area contributed by atoms with Crippen molar-refractivity contribution in [1.82, 2.24) is 0 Å². The summed E-state index contributed by atoms with van der Waals surface area (Å²) in [6, 6.07) is 14.9. The minimum Gasteiger partial charge on any atom is -0.755 e. The number of nitro benzene ring substituents is 1. The number of esters is 1. The van der Waals surface area contributed by atoms with Gasteiger partial charge in [-0.2, -0.15) is 0 Å². The summed E-state index contributed by atoms with van der Waals surface area (Å²) in [4.78, 5) is 23.1. The van der Waals surface area contributed by atoms with Crippen molar-refractivity contribution in [3.05, 3.63) is 81.9 Å². The quantitative estimate of drug-likeness (QED) is 0.183. The number of carbonyl (C=O) groups excluding carboxylic acids is 1. The minimum atomic E-state index is -2.74. The second-order valence-electron chi connectivity index (χ2n) is 6.94. The predicted octanol–water partition coefficient (Wildman–Crippen LogP) is 4.81. The lowest BCUT2D eigenvalue weighted by Crippen LogP contribution is -2.22. The molecule has 11 heteroatoms. The Balaban J connectivity index is 2.03. The van der Waals surface area contributed by atoms with Crippen LogP contribution in [-0.4, -0.2) is 33.4 Å². The topological polar surface area (TPSA) is 131 Å². The molecule has 0 spiro atoms. The first kappa shape index (κ1) is 24.7. The molecule has 1 unspecified atom stereocenters. The van der Waals surface area contributed by atoms with Crippen molar-refractivity contribution in [3.63, 3.8) is 0 Å². The van der Waals surface area contributed by atoms with Crippen LogP contribution < -0.4 is 13.8 Å². The number of ether oxygens (including phenoxy) is 3. The fourth-order valence-corrected chi connectivity index (χ4v) is 3.74. The highest BCUT2D eigenvalue weighted by atomic mass is 32.2. The third kappa shape index (κ3) is 5.50. The highest BCUT2D eigenvalue weighted by Gasteiger charge is 2.22. The first-order chi connectivity index (χ1) is 16.2. The van der Waals surface area contributed by atoms with Crippen LogP contribution >= 0.6 is 0 Å². The molecule has 0 radical (unpaired) electrons. The number of nitro groups is 1. The molecule has 0 fully saturated rings. The van der Waals surface area contributed by atoms with Gasteiger partial charge in [0.15, 0.2) is 0 Å². The molecule has 3 rings (SSSR count). The van der Waals surface area contributed by atoms with Crippen LogP contribution in [0.2, 0.25) is 0 Å². The Morgan fingerprint density at radius 2 is 1.71 bits per heavy atom. The smallest absolute Gasteiger partial charge is 0.340 e. The van der Waals surface area contributed by atoms with Gasteiger partial charge in [-0.05, 0) is 50.2 Å². The van der Waals surface area contributed by atoms with Crippen LogP contribution in [0.25, 0.3) is 0 Å². The van der Waals surface area contributed by atoms with E-state index in [1.165, 1.54) is 43.5 Å². The van der Waals surface area contributed by atoms with Gasteiger partial charge in [-0.1, -0.05) is 17.7 Å². The van der Waals surface area contributed by atoms with E-state index in [0.717, 1.165) is 9.87 Å². The van der Waals surface area contributed by atoms with E-state index in [9.17, 15) is 23.7 Å². The number of benzene rings is 3. The molecule has 178 valence electrons. The van der Waals surface area contributed by atoms with E-state index >= 15 is 0 Å². The van der Waals surface area contributed by atoms with Crippen molar-refractivity contribution in [1.29, 1.82) is 0 Å². The fourth-order valence-electron chi connectivity index (χ4n) is 3.13. The molecule has 0 aliphatic heterocycles. The van der Waals surface area contributed by atoms with Crippen molar-refractivity contribution >= 4 is 34.3 Å². The van der Waals surface area contributed by atoms with Gasteiger partial charge < -0.3 is 18.8 Å². The number of aryl methyl sites for hydroxylation is 1. The predicted molar refractivity (Wildman–Crippen MR) is 124 cm³/mol. The summed E-state index contributed by atoms with van der Waals surface area (Å²) in [6.07, 6.45) is 0. The molecule has 34 heavy (non-hydrogen) atoms. The molecule has 0 aromatic heterocycles. The van der Waals surface area contributed by atoms with Crippen LogP contribution in [0.15, 0.2) is 60.7 Å². The summed E-state index contributed by atoms with van der Waals surface area (Å²) in [5, 5.41) is 11.2. The minimum absolute atomic E-state index is 0.0297. The Hall–Kier alpha value is -3.96. The monoisotopic (exact) mass is 485 g/mol. The molecule has 0 bridgehead atoms. The Bertz CT molecular complexity index is 1230. The zero-order valence-corrected chi connectivity index (χ0v) is 19.4.